The van der Waals surface area contributed by atoms with Crippen LogP contribution >= 0.6 is 11.3 Å². The summed E-state index contributed by atoms with van der Waals surface area (Å²) in [5, 5.41) is 4.72. The molecule has 0 saturated carbocycles. The van der Waals surface area contributed by atoms with Crippen molar-refractivity contribution in [2.24, 2.45) is 0 Å². The molecular weight excluding hydrogens is 436 g/mol. The number of nitrogens with zero attached hydrogens (tertiary/aromatic N) is 1. The molecule has 9 heteroatoms. The van der Waals surface area contributed by atoms with Gasteiger partial charge in [0.15, 0.2) is 11.5 Å². The normalized spacial score (nSPS) is 12.9. The highest BCUT2D eigenvalue weighted by molar-refractivity contribution is 7.92. The van der Waals surface area contributed by atoms with Crippen LogP contribution in [0.5, 0.6) is 11.5 Å². The Morgan fingerprint density at radius 1 is 1.06 bits per heavy atom. The van der Waals surface area contributed by atoms with E-state index in [0.717, 1.165) is 14.7 Å². The molecule has 4 rings (SSSR count). The number of hydrogen-bond acceptors (Lipinski definition) is 6. The van der Waals surface area contributed by atoms with Crippen LogP contribution in [0.4, 0.5) is 5.69 Å². The van der Waals surface area contributed by atoms with E-state index in [4.69, 9.17) is 9.47 Å². The highest BCUT2D eigenvalue weighted by Crippen LogP contribution is 2.34. The van der Waals surface area contributed by atoms with E-state index < -0.39 is 15.9 Å². The number of benzene rings is 2. The largest absolute Gasteiger partial charge is 0.486 e. The van der Waals surface area contributed by atoms with Crippen molar-refractivity contribution in [1.29, 1.82) is 0 Å². The van der Waals surface area contributed by atoms with Crippen molar-refractivity contribution in [3.05, 3.63) is 70.4 Å². The topological polar surface area (TPSA) is 84.9 Å². The number of carbonyl (C=O) groups is 1. The molecule has 2 heterocycles. The van der Waals surface area contributed by atoms with Crippen molar-refractivity contribution in [2.45, 2.75) is 18.4 Å². The second-order valence-corrected chi connectivity index (χ2v) is 9.91. The number of ether oxygens (including phenoxy) is 2. The minimum Gasteiger partial charge on any atom is -0.486 e. The van der Waals surface area contributed by atoms with E-state index in [1.165, 1.54) is 23.5 Å². The van der Waals surface area contributed by atoms with E-state index in [1.54, 1.807) is 24.3 Å². The Kier molecular flexibility index (Phi) is 6.15. The highest BCUT2D eigenvalue weighted by Gasteiger charge is 2.29. The zero-order valence-corrected chi connectivity index (χ0v) is 18.5. The summed E-state index contributed by atoms with van der Waals surface area (Å²) in [6, 6.07) is 15.3. The molecule has 162 valence electrons. The minimum absolute atomic E-state index is 0.0318. The number of anilines is 1. The number of amides is 1. The molecule has 31 heavy (non-hydrogen) atoms. The molecule has 1 aliphatic rings. The first-order valence-electron chi connectivity index (χ1n) is 9.71. The Bertz CT molecular complexity index is 1180. The molecule has 0 fully saturated rings. The van der Waals surface area contributed by atoms with Crippen LogP contribution in [0.15, 0.2) is 64.9 Å². The molecule has 1 aliphatic heterocycles. The van der Waals surface area contributed by atoms with E-state index in [1.807, 2.05) is 30.5 Å². The van der Waals surface area contributed by atoms with E-state index in [-0.39, 0.29) is 11.4 Å². The van der Waals surface area contributed by atoms with Gasteiger partial charge in [-0.15, -0.1) is 11.3 Å². The van der Waals surface area contributed by atoms with Crippen LogP contribution in [-0.4, -0.2) is 34.1 Å². The molecule has 0 atom stereocenters. The van der Waals surface area contributed by atoms with Gasteiger partial charge in [-0.2, -0.15) is 0 Å². The van der Waals surface area contributed by atoms with Gasteiger partial charge in [0.1, 0.15) is 19.8 Å². The lowest BCUT2D eigenvalue weighted by Crippen LogP contribution is -2.40. The molecule has 0 radical (unpaired) electrons. The average Bonchev–Trinajstić information content (AvgIpc) is 3.29. The quantitative estimate of drug-likeness (QED) is 0.587. The van der Waals surface area contributed by atoms with Crippen molar-refractivity contribution in [3.63, 3.8) is 0 Å². The van der Waals surface area contributed by atoms with Crippen molar-refractivity contribution >= 4 is 33.0 Å². The first kappa shape index (κ1) is 21.2. The molecule has 1 aromatic heterocycles. The highest BCUT2D eigenvalue weighted by atomic mass is 32.2. The van der Waals surface area contributed by atoms with E-state index >= 15 is 0 Å². The zero-order valence-electron chi connectivity index (χ0n) is 16.9. The Labute approximate surface area is 185 Å². The number of carbonyl (C=O) groups excluding carboxylic acids is 1. The van der Waals surface area contributed by atoms with Crippen LogP contribution in [0.1, 0.15) is 10.4 Å². The summed E-state index contributed by atoms with van der Waals surface area (Å²) in [6.07, 6.45) is 0. The number of aryl methyl sites for hydroxylation is 1. The third kappa shape index (κ3) is 4.83. The average molecular weight is 459 g/mol. The smallest absolute Gasteiger partial charge is 0.264 e. The van der Waals surface area contributed by atoms with Crippen molar-refractivity contribution in [3.8, 4) is 11.5 Å². The summed E-state index contributed by atoms with van der Waals surface area (Å²) >= 11 is 1.53. The van der Waals surface area contributed by atoms with Gasteiger partial charge in [-0.25, -0.2) is 8.42 Å². The Morgan fingerprint density at radius 2 is 1.87 bits per heavy atom. The Morgan fingerprint density at radius 3 is 2.61 bits per heavy atom. The summed E-state index contributed by atoms with van der Waals surface area (Å²) in [4.78, 5) is 13.7. The monoisotopic (exact) mass is 458 g/mol. The second kappa shape index (κ2) is 8.99. The standard InChI is InChI=1S/C22H22N2O5S2/c1-16-4-2-5-17(12-16)24(15-22(25)23-14-18-6-3-11-30-18)31(26,27)19-7-8-20-21(13-19)29-10-9-28-20/h2-8,11-13H,9-10,14-15H2,1H3,(H,23,25). The number of fused-ring (bicyclic) bond motifs is 1. The van der Waals surface area contributed by atoms with Crippen molar-refractivity contribution in [2.75, 3.05) is 24.1 Å². The summed E-state index contributed by atoms with van der Waals surface area (Å²) in [7, 11) is -4.03. The fraction of sp³-hybridized carbons (Fsp3) is 0.227. The van der Waals surface area contributed by atoms with Gasteiger partial charge in [0.25, 0.3) is 10.0 Å². The lowest BCUT2D eigenvalue weighted by atomic mass is 10.2. The van der Waals surface area contributed by atoms with Gasteiger partial charge in [0.05, 0.1) is 17.1 Å². The predicted molar refractivity (Wildman–Crippen MR) is 119 cm³/mol. The molecule has 2 aromatic carbocycles. The first-order chi connectivity index (χ1) is 14.9. The minimum atomic E-state index is -4.03. The molecule has 0 aliphatic carbocycles. The fourth-order valence-corrected chi connectivity index (χ4v) is 5.27. The van der Waals surface area contributed by atoms with Gasteiger partial charge in [-0.1, -0.05) is 18.2 Å². The maximum atomic E-state index is 13.5. The molecule has 0 saturated heterocycles. The van der Waals surface area contributed by atoms with Gasteiger partial charge in [-0.05, 0) is 48.2 Å². The van der Waals surface area contributed by atoms with Crippen molar-refractivity contribution < 1.29 is 22.7 Å². The van der Waals surface area contributed by atoms with Gasteiger partial charge in [0, 0.05) is 10.9 Å². The van der Waals surface area contributed by atoms with E-state index in [2.05, 4.69) is 5.32 Å². The lowest BCUT2D eigenvalue weighted by Gasteiger charge is -2.25. The van der Waals surface area contributed by atoms with Crippen LogP contribution < -0.4 is 19.1 Å². The second-order valence-electron chi connectivity index (χ2n) is 7.01. The molecule has 3 aromatic rings. The molecule has 0 bridgehead atoms. The predicted octanol–water partition coefficient (Wildman–Crippen LogP) is 3.34. The van der Waals surface area contributed by atoms with E-state index in [9.17, 15) is 13.2 Å². The number of rotatable bonds is 7. The Hall–Kier alpha value is -3.04. The number of hydrogen-bond donors (Lipinski definition) is 1. The maximum absolute atomic E-state index is 13.5. The molecule has 7 nitrogen and oxygen atoms in total. The molecular formula is C22H22N2O5S2. The molecule has 0 unspecified atom stereocenters. The number of thiophene rings is 1. The molecule has 1 amide bonds. The van der Waals surface area contributed by atoms with Crippen LogP contribution in [0.3, 0.4) is 0 Å². The first-order valence-corrected chi connectivity index (χ1v) is 12.0. The lowest BCUT2D eigenvalue weighted by molar-refractivity contribution is -0.119. The number of nitrogens with one attached hydrogen (secondary N) is 1. The van der Waals surface area contributed by atoms with Crippen molar-refractivity contribution in [1.82, 2.24) is 5.32 Å². The van der Waals surface area contributed by atoms with Gasteiger partial charge in [-0.3, -0.25) is 9.10 Å². The summed E-state index contributed by atoms with van der Waals surface area (Å²) in [5.74, 6) is 0.482. The fourth-order valence-electron chi connectivity index (χ4n) is 3.19. The summed E-state index contributed by atoms with van der Waals surface area (Å²) < 4.78 is 39.2. The number of sulfonamides is 1. The third-order valence-electron chi connectivity index (χ3n) is 4.72. The van der Waals surface area contributed by atoms with E-state index in [0.29, 0.717) is 36.9 Å². The van der Waals surface area contributed by atoms with Gasteiger partial charge in [0.2, 0.25) is 5.91 Å². The van der Waals surface area contributed by atoms with Gasteiger partial charge < -0.3 is 14.8 Å². The molecule has 1 N–H and O–H groups in total. The SMILES string of the molecule is Cc1cccc(N(CC(=O)NCc2cccs2)S(=O)(=O)c2ccc3c(c2)OCCO3)c1. The van der Waals surface area contributed by atoms with Crippen LogP contribution in [0.25, 0.3) is 0 Å². The summed E-state index contributed by atoms with van der Waals surface area (Å²) in [5.41, 5.74) is 1.31. The van der Waals surface area contributed by atoms with Gasteiger partial charge >= 0.3 is 0 Å². The zero-order chi connectivity index (χ0) is 21.8. The van der Waals surface area contributed by atoms with Crippen LogP contribution in [-0.2, 0) is 21.4 Å². The Balaban J connectivity index is 1.63. The van der Waals surface area contributed by atoms with Crippen LogP contribution in [0.2, 0.25) is 0 Å². The molecule has 0 spiro atoms. The maximum Gasteiger partial charge on any atom is 0.264 e. The third-order valence-corrected chi connectivity index (χ3v) is 7.36. The summed E-state index contributed by atoms with van der Waals surface area (Å²) in [6.45, 7) is 2.64. The van der Waals surface area contributed by atoms with Crippen LogP contribution in [0, 0.1) is 6.92 Å².